The summed E-state index contributed by atoms with van der Waals surface area (Å²) in [7, 11) is 0. The zero-order chi connectivity index (χ0) is 8.48. The summed E-state index contributed by atoms with van der Waals surface area (Å²) < 4.78 is 0. The van der Waals surface area contributed by atoms with Gasteiger partial charge in [-0.3, -0.25) is 4.90 Å². The molecule has 1 rings (SSSR count). The summed E-state index contributed by atoms with van der Waals surface area (Å²) in [6.07, 6.45) is 0. The zero-order valence-corrected chi connectivity index (χ0v) is 8.87. The second-order valence-corrected chi connectivity index (χ2v) is 5.26. The average molecular weight is 173 g/mol. The van der Waals surface area contributed by atoms with Gasteiger partial charge in [0.25, 0.3) is 0 Å². The third-order valence-electron chi connectivity index (χ3n) is 2.33. The van der Waals surface area contributed by atoms with Gasteiger partial charge in [-0.1, -0.05) is 0 Å². The molecule has 0 aromatic heterocycles. The summed E-state index contributed by atoms with van der Waals surface area (Å²) in [6.45, 7) is 10.5. The third-order valence-corrected chi connectivity index (χ3v) is 3.71. The Morgan fingerprint density at radius 3 is 2.36 bits per heavy atom. The van der Waals surface area contributed by atoms with E-state index >= 15 is 0 Å². The lowest BCUT2D eigenvalue weighted by Gasteiger charge is -2.44. The first-order chi connectivity index (χ1) is 5.04. The van der Waals surface area contributed by atoms with E-state index in [-0.39, 0.29) is 0 Å². The second-order valence-electron chi connectivity index (χ2n) is 4.15. The maximum atomic E-state index is 2.60. The van der Waals surface area contributed by atoms with Crippen molar-refractivity contribution in [2.75, 3.05) is 18.1 Å². The standard InChI is InChI=1S/C9H19NS/c1-8(2)10-5-6-11-7-9(10,3)4/h8H,5-7H2,1-4H3. The van der Waals surface area contributed by atoms with Crippen molar-refractivity contribution in [3.63, 3.8) is 0 Å². The Bertz CT molecular complexity index is 132. The largest absolute Gasteiger partial charge is 0.294 e. The molecule has 0 aromatic carbocycles. The number of hydrogen-bond donors (Lipinski definition) is 0. The Morgan fingerprint density at radius 2 is 2.00 bits per heavy atom. The van der Waals surface area contributed by atoms with Gasteiger partial charge in [-0.15, -0.1) is 0 Å². The highest BCUT2D eigenvalue weighted by molar-refractivity contribution is 7.99. The minimum atomic E-state index is 0.414. The lowest BCUT2D eigenvalue weighted by atomic mass is 10.0. The molecule has 1 aliphatic rings. The molecule has 2 heteroatoms. The van der Waals surface area contributed by atoms with Crippen molar-refractivity contribution in [3.8, 4) is 0 Å². The molecule has 0 aliphatic carbocycles. The van der Waals surface area contributed by atoms with Gasteiger partial charge in [-0.25, -0.2) is 0 Å². The van der Waals surface area contributed by atoms with Crippen LogP contribution in [0.4, 0.5) is 0 Å². The van der Waals surface area contributed by atoms with E-state index in [2.05, 4.69) is 44.4 Å². The average Bonchev–Trinajstić information content (AvgIpc) is 1.85. The number of hydrogen-bond acceptors (Lipinski definition) is 2. The Kier molecular flexibility index (Phi) is 2.87. The number of nitrogens with zero attached hydrogens (tertiary/aromatic N) is 1. The van der Waals surface area contributed by atoms with E-state index in [0.29, 0.717) is 11.6 Å². The summed E-state index contributed by atoms with van der Waals surface area (Å²) in [6, 6.07) is 0.700. The molecule has 0 radical (unpaired) electrons. The SMILES string of the molecule is CC(C)N1CCSCC1(C)C. The molecule has 0 unspecified atom stereocenters. The first kappa shape index (κ1) is 9.40. The number of thioether (sulfide) groups is 1. The van der Waals surface area contributed by atoms with E-state index in [0.717, 1.165) is 0 Å². The van der Waals surface area contributed by atoms with Crippen LogP contribution in [0.2, 0.25) is 0 Å². The molecular weight excluding hydrogens is 154 g/mol. The Morgan fingerprint density at radius 1 is 1.36 bits per heavy atom. The van der Waals surface area contributed by atoms with Gasteiger partial charge in [-0.05, 0) is 27.7 Å². The maximum Gasteiger partial charge on any atom is 0.0246 e. The van der Waals surface area contributed by atoms with Crippen molar-refractivity contribution in [1.29, 1.82) is 0 Å². The molecule has 0 spiro atoms. The van der Waals surface area contributed by atoms with E-state index in [1.807, 2.05) is 0 Å². The fourth-order valence-electron chi connectivity index (χ4n) is 1.83. The Balaban J connectivity index is 2.60. The summed E-state index contributed by atoms with van der Waals surface area (Å²) in [5, 5.41) is 0. The van der Waals surface area contributed by atoms with Crippen molar-refractivity contribution in [2.24, 2.45) is 0 Å². The molecule has 0 atom stereocenters. The van der Waals surface area contributed by atoms with E-state index < -0.39 is 0 Å². The van der Waals surface area contributed by atoms with Gasteiger partial charge in [0.1, 0.15) is 0 Å². The fourth-order valence-corrected chi connectivity index (χ4v) is 2.96. The predicted octanol–water partition coefficient (Wildman–Crippen LogP) is 2.22. The number of rotatable bonds is 1. The first-order valence-electron chi connectivity index (χ1n) is 4.38. The van der Waals surface area contributed by atoms with Crippen LogP contribution in [0.25, 0.3) is 0 Å². The molecule has 66 valence electrons. The molecule has 1 fully saturated rings. The van der Waals surface area contributed by atoms with Crippen LogP contribution in [0.5, 0.6) is 0 Å². The third kappa shape index (κ3) is 2.12. The lowest BCUT2D eigenvalue weighted by molar-refractivity contribution is 0.106. The van der Waals surface area contributed by atoms with Crippen molar-refractivity contribution < 1.29 is 0 Å². The minimum absolute atomic E-state index is 0.414. The fraction of sp³-hybridized carbons (Fsp3) is 1.00. The minimum Gasteiger partial charge on any atom is -0.294 e. The predicted molar refractivity (Wildman–Crippen MR) is 53.2 cm³/mol. The highest BCUT2D eigenvalue weighted by atomic mass is 32.2. The van der Waals surface area contributed by atoms with E-state index in [1.54, 1.807) is 0 Å². The van der Waals surface area contributed by atoms with Crippen LogP contribution in [0.1, 0.15) is 27.7 Å². The van der Waals surface area contributed by atoms with Crippen LogP contribution < -0.4 is 0 Å². The summed E-state index contributed by atoms with van der Waals surface area (Å²) >= 11 is 2.08. The van der Waals surface area contributed by atoms with Crippen LogP contribution in [0.15, 0.2) is 0 Å². The van der Waals surface area contributed by atoms with Crippen molar-refractivity contribution in [2.45, 2.75) is 39.3 Å². The van der Waals surface area contributed by atoms with Crippen molar-refractivity contribution in [1.82, 2.24) is 4.90 Å². The smallest absolute Gasteiger partial charge is 0.0246 e. The van der Waals surface area contributed by atoms with Crippen LogP contribution in [0.3, 0.4) is 0 Å². The van der Waals surface area contributed by atoms with E-state index in [9.17, 15) is 0 Å². The molecule has 1 heterocycles. The molecule has 0 bridgehead atoms. The van der Waals surface area contributed by atoms with Crippen molar-refractivity contribution >= 4 is 11.8 Å². The lowest BCUT2D eigenvalue weighted by Crippen LogP contribution is -2.53. The monoisotopic (exact) mass is 173 g/mol. The van der Waals surface area contributed by atoms with Gasteiger partial charge < -0.3 is 0 Å². The normalized spacial score (nSPS) is 25.9. The van der Waals surface area contributed by atoms with Gasteiger partial charge >= 0.3 is 0 Å². The van der Waals surface area contributed by atoms with Crippen LogP contribution >= 0.6 is 11.8 Å². The molecule has 0 N–H and O–H groups in total. The van der Waals surface area contributed by atoms with Crippen LogP contribution in [-0.2, 0) is 0 Å². The quantitative estimate of drug-likeness (QED) is 0.598. The molecule has 1 nitrogen and oxygen atoms in total. The molecular formula is C9H19NS. The van der Waals surface area contributed by atoms with Gasteiger partial charge in [-0.2, -0.15) is 11.8 Å². The summed E-state index contributed by atoms with van der Waals surface area (Å²) in [5.74, 6) is 2.59. The van der Waals surface area contributed by atoms with Gasteiger partial charge in [0.15, 0.2) is 0 Å². The first-order valence-corrected chi connectivity index (χ1v) is 5.54. The van der Waals surface area contributed by atoms with Gasteiger partial charge in [0, 0.05) is 29.6 Å². The highest BCUT2D eigenvalue weighted by Gasteiger charge is 2.31. The van der Waals surface area contributed by atoms with Crippen LogP contribution in [0, 0.1) is 0 Å². The Hall–Kier alpha value is 0.310. The molecule has 0 amide bonds. The highest BCUT2D eigenvalue weighted by Crippen LogP contribution is 2.27. The van der Waals surface area contributed by atoms with Gasteiger partial charge in [0.05, 0.1) is 0 Å². The molecule has 1 aliphatic heterocycles. The molecule has 0 aromatic rings. The summed E-state index contributed by atoms with van der Waals surface area (Å²) in [5.41, 5.74) is 0.414. The zero-order valence-electron chi connectivity index (χ0n) is 8.05. The van der Waals surface area contributed by atoms with E-state index in [1.165, 1.54) is 18.1 Å². The molecule has 11 heavy (non-hydrogen) atoms. The van der Waals surface area contributed by atoms with E-state index in [4.69, 9.17) is 0 Å². The molecule has 0 saturated carbocycles. The second kappa shape index (κ2) is 3.36. The Labute approximate surface area is 74.5 Å². The summed E-state index contributed by atoms with van der Waals surface area (Å²) in [4.78, 5) is 2.60. The topological polar surface area (TPSA) is 3.24 Å². The maximum absolute atomic E-state index is 2.60. The molecule has 1 saturated heterocycles. The van der Waals surface area contributed by atoms with Gasteiger partial charge in [0.2, 0.25) is 0 Å². The van der Waals surface area contributed by atoms with Crippen molar-refractivity contribution in [3.05, 3.63) is 0 Å². The van der Waals surface area contributed by atoms with Crippen LogP contribution in [-0.4, -0.2) is 34.5 Å².